The average molecular weight is 1270 g/mol. The number of carbonyl (C=O) groups excluding carboxylic acids is 4. The number of phosphoric acid groups is 2. The molecule has 0 aliphatic rings. The summed E-state index contributed by atoms with van der Waals surface area (Å²) in [6.45, 7) is 9.44. The van der Waals surface area contributed by atoms with Gasteiger partial charge < -0.3 is 33.8 Å². The third-order valence-electron chi connectivity index (χ3n) is 15.5. The van der Waals surface area contributed by atoms with Gasteiger partial charge in [-0.1, -0.05) is 286 Å². The lowest BCUT2D eigenvalue weighted by Crippen LogP contribution is -2.30. The van der Waals surface area contributed by atoms with Gasteiger partial charge >= 0.3 is 39.5 Å². The highest BCUT2D eigenvalue weighted by atomic mass is 31.2. The third kappa shape index (κ3) is 60.9. The summed E-state index contributed by atoms with van der Waals surface area (Å²) in [5.41, 5.74) is 0. The number of unbranched alkanes of at least 4 members (excludes halogenated alkanes) is 36. The number of rotatable bonds is 66. The summed E-state index contributed by atoms with van der Waals surface area (Å²) in [7, 11) is -9.89. The third-order valence-corrected chi connectivity index (χ3v) is 17.4. The Bertz CT molecular complexity index is 1680. The van der Waals surface area contributed by atoms with Crippen LogP contribution in [0, 0.1) is 11.8 Å². The Hall–Kier alpha value is -1.94. The molecule has 0 spiro atoms. The van der Waals surface area contributed by atoms with Gasteiger partial charge in [0.05, 0.1) is 26.4 Å². The molecule has 17 nitrogen and oxygen atoms in total. The normalized spacial score (nSPS) is 14.2. The molecule has 0 fully saturated rings. The number of phosphoric ester groups is 2. The van der Waals surface area contributed by atoms with E-state index >= 15 is 0 Å². The fourth-order valence-corrected chi connectivity index (χ4v) is 11.6. The molecule has 0 aromatic carbocycles. The van der Waals surface area contributed by atoms with E-state index in [2.05, 4.69) is 41.5 Å². The maximum Gasteiger partial charge on any atom is 0.472 e. The van der Waals surface area contributed by atoms with Crippen LogP contribution in [0.25, 0.3) is 0 Å². The van der Waals surface area contributed by atoms with Gasteiger partial charge in [-0.3, -0.25) is 37.3 Å². The molecule has 0 rings (SSSR count). The Morgan fingerprint density at radius 1 is 0.314 bits per heavy atom. The van der Waals surface area contributed by atoms with E-state index in [0.717, 1.165) is 109 Å². The zero-order chi connectivity index (χ0) is 63.6. The maximum atomic E-state index is 13.0. The first-order valence-corrected chi connectivity index (χ1v) is 38.0. The minimum atomic E-state index is -4.95. The summed E-state index contributed by atoms with van der Waals surface area (Å²) >= 11 is 0. The first-order valence-electron chi connectivity index (χ1n) is 35.0. The molecule has 0 amide bonds. The molecule has 0 aliphatic heterocycles. The lowest BCUT2D eigenvalue weighted by atomic mass is 10.0. The van der Waals surface area contributed by atoms with E-state index in [0.29, 0.717) is 31.6 Å². The van der Waals surface area contributed by atoms with Gasteiger partial charge in [0, 0.05) is 25.7 Å². The van der Waals surface area contributed by atoms with Crippen molar-refractivity contribution in [3.63, 3.8) is 0 Å². The van der Waals surface area contributed by atoms with Gasteiger partial charge in [0.15, 0.2) is 12.2 Å². The molecule has 3 N–H and O–H groups in total. The Balaban J connectivity index is 5.17. The van der Waals surface area contributed by atoms with Gasteiger partial charge in [-0.05, 0) is 37.5 Å². The second kappa shape index (κ2) is 59.4. The predicted molar refractivity (Wildman–Crippen MR) is 345 cm³/mol. The molecule has 0 saturated heterocycles. The van der Waals surface area contributed by atoms with Crippen LogP contribution in [-0.2, 0) is 65.4 Å². The molecule has 0 bridgehead atoms. The molecule has 0 aromatic heterocycles. The molecule has 19 heteroatoms. The lowest BCUT2D eigenvalue weighted by molar-refractivity contribution is -0.161. The maximum absolute atomic E-state index is 13.0. The number of esters is 4. The molecular weight excluding hydrogens is 1140 g/mol. The van der Waals surface area contributed by atoms with E-state index in [1.807, 2.05) is 0 Å². The van der Waals surface area contributed by atoms with Crippen molar-refractivity contribution >= 4 is 39.5 Å². The van der Waals surface area contributed by atoms with Crippen LogP contribution in [0.5, 0.6) is 0 Å². The van der Waals surface area contributed by atoms with Crippen LogP contribution in [-0.4, -0.2) is 96.7 Å². The fourth-order valence-electron chi connectivity index (χ4n) is 10.1. The van der Waals surface area contributed by atoms with E-state index in [9.17, 15) is 43.2 Å². The van der Waals surface area contributed by atoms with Gasteiger partial charge in [-0.15, -0.1) is 0 Å². The standard InChI is InChI=1S/C67H130O17P2/c1-7-9-11-13-15-16-22-26-32-38-44-50-65(70)78-56-63(83-66(71)51-45-39-33-27-24-21-19-17-18-20-23-25-30-35-41-47-59(3)4)58-82-86(75,76)80-54-61(68)53-79-85(73,74)81-57-62(55-77-64(69)49-43-37-29-14-12-10-8-2)84-67(72)52-46-40-34-28-31-36-42-48-60(5)6/h59-63,68H,7-58H2,1-6H3,(H,73,74)(H,75,76)/t61-,62+,63+/m0/s1. The smallest absolute Gasteiger partial charge is 0.462 e. The SMILES string of the molecule is CCCCCCCCCCCCCC(=O)OC[C@H](COP(=O)(O)OC[C@@H](O)COP(=O)(O)OC[C@@H](COC(=O)CCCCCCCCC)OC(=O)CCCCCCCCCC(C)C)OC(=O)CCCCCCCCCCCCCCCCCC(C)C. The second-order valence-electron chi connectivity index (χ2n) is 25.2. The van der Waals surface area contributed by atoms with Crippen molar-refractivity contribution < 1.29 is 80.2 Å². The summed E-state index contributed by atoms with van der Waals surface area (Å²) in [5.74, 6) is -0.636. The summed E-state index contributed by atoms with van der Waals surface area (Å²) in [5, 5.41) is 10.5. The first-order chi connectivity index (χ1) is 41.4. The summed E-state index contributed by atoms with van der Waals surface area (Å²) in [6, 6.07) is 0. The molecule has 510 valence electrons. The summed E-state index contributed by atoms with van der Waals surface area (Å²) in [4.78, 5) is 72.2. The minimum Gasteiger partial charge on any atom is -0.462 e. The highest BCUT2D eigenvalue weighted by molar-refractivity contribution is 7.47. The molecular formula is C67H130O17P2. The van der Waals surface area contributed by atoms with E-state index < -0.39 is 97.5 Å². The van der Waals surface area contributed by atoms with Crippen LogP contribution in [0.3, 0.4) is 0 Å². The van der Waals surface area contributed by atoms with E-state index in [4.69, 9.17) is 37.0 Å². The van der Waals surface area contributed by atoms with Gasteiger partial charge in [0.1, 0.15) is 19.3 Å². The lowest BCUT2D eigenvalue weighted by Gasteiger charge is -2.21. The molecule has 2 unspecified atom stereocenters. The summed E-state index contributed by atoms with van der Waals surface area (Å²) in [6.07, 6.45) is 43.3. The minimum absolute atomic E-state index is 0.103. The topological polar surface area (TPSA) is 237 Å². The average Bonchev–Trinajstić information content (AvgIpc) is 3.54. The van der Waals surface area contributed by atoms with Gasteiger partial charge in [0.25, 0.3) is 0 Å². The van der Waals surface area contributed by atoms with Crippen LogP contribution < -0.4 is 0 Å². The Kier molecular flexibility index (Phi) is 58.0. The Labute approximate surface area is 524 Å². The van der Waals surface area contributed by atoms with Crippen molar-refractivity contribution in [2.45, 2.75) is 355 Å². The largest absolute Gasteiger partial charge is 0.472 e. The number of ether oxygens (including phenoxy) is 4. The van der Waals surface area contributed by atoms with Crippen LogP contribution in [0.2, 0.25) is 0 Å². The monoisotopic (exact) mass is 1270 g/mol. The summed E-state index contributed by atoms with van der Waals surface area (Å²) < 4.78 is 68.0. The van der Waals surface area contributed by atoms with Crippen LogP contribution in [0.1, 0.15) is 337 Å². The van der Waals surface area contributed by atoms with Gasteiger partial charge in [-0.2, -0.15) is 0 Å². The molecule has 86 heavy (non-hydrogen) atoms. The Morgan fingerprint density at radius 3 is 0.791 bits per heavy atom. The molecule has 0 radical (unpaired) electrons. The number of hydrogen-bond donors (Lipinski definition) is 3. The number of hydrogen-bond acceptors (Lipinski definition) is 15. The number of aliphatic hydroxyl groups excluding tert-OH is 1. The number of aliphatic hydroxyl groups is 1. The van der Waals surface area contributed by atoms with Gasteiger partial charge in [0.2, 0.25) is 0 Å². The van der Waals surface area contributed by atoms with E-state index in [1.54, 1.807) is 0 Å². The predicted octanol–water partition coefficient (Wildman–Crippen LogP) is 18.8. The number of carbonyl (C=O) groups is 4. The van der Waals surface area contributed by atoms with Crippen molar-refractivity contribution in [3.05, 3.63) is 0 Å². The quantitative estimate of drug-likeness (QED) is 0.0222. The molecule has 0 heterocycles. The van der Waals surface area contributed by atoms with Crippen molar-refractivity contribution in [1.29, 1.82) is 0 Å². The van der Waals surface area contributed by atoms with Crippen LogP contribution >= 0.6 is 15.6 Å². The van der Waals surface area contributed by atoms with Gasteiger partial charge in [-0.25, -0.2) is 9.13 Å². The highest BCUT2D eigenvalue weighted by Gasteiger charge is 2.30. The van der Waals surface area contributed by atoms with Crippen molar-refractivity contribution in [2.24, 2.45) is 11.8 Å². The van der Waals surface area contributed by atoms with Crippen molar-refractivity contribution in [2.75, 3.05) is 39.6 Å². The van der Waals surface area contributed by atoms with E-state index in [1.165, 1.54) is 141 Å². The van der Waals surface area contributed by atoms with Crippen molar-refractivity contribution in [1.82, 2.24) is 0 Å². The fraction of sp³-hybridized carbons (Fsp3) is 0.940. The zero-order valence-electron chi connectivity index (χ0n) is 55.6. The zero-order valence-corrected chi connectivity index (χ0v) is 57.4. The molecule has 0 aromatic rings. The van der Waals surface area contributed by atoms with Crippen LogP contribution in [0.4, 0.5) is 0 Å². The molecule has 5 atom stereocenters. The van der Waals surface area contributed by atoms with Crippen LogP contribution in [0.15, 0.2) is 0 Å². The van der Waals surface area contributed by atoms with E-state index in [-0.39, 0.29) is 25.7 Å². The van der Waals surface area contributed by atoms with Crippen molar-refractivity contribution in [3.8, 4) is 0 Å². The molecule has 0 saturated carbocycles. The Morgan fingerprint density at radius 2 is 0.535 bits per heavy atom. The first kappa shape index (κ1) is 84.1. The second-order valence-corrected chi connectivity index (χ2v) is 28.1. The highest BCUT2D eigenvalue weighted by Crippen LogP contribution is 2.45. The molecule has 0 aliphatic carbocycles.